The molecular weight excluding hydrogens is 386 g/mol. The highest BCUT2D eigenvalue weighted by atomic mass is 32.2. The second kappa shape index (κ2) is 7.47. The number of esters is 2. The van der Waals surface area contributed by atoms with Crippen molar-refractivity contribution >= 4 is 46.2 Å². The Labute approximate surface area is 166 Å². The molecule has 2 aliphatic heterocycles. The molecule has 1 atom stereocenters. The van der Waals surface area contributed by atoms with E-state index >= 15 is 0 Å². The van der Waals surface area contributed by atoms with Crippen LogP contribution in [0.25, 0.3) is 0 Å². The summed E-state index contributed by atoms with van der Waals surface area (Å²) in [6.07, 6.45) is 0. The Balaban J connectivity index is 2.03. The second-order valence-electron chi connectivity index (χ2n) is 5.99. The maximum Gasteiger partial charge on any atom is 0.365 e. The summed E-state index contributed by atoms with van der Waals surface area (Å²) >= 11 is 2.57. The standard InChI is InChI=1S/C18H21N3O4S2/c1-6-25-16(22)14-12(3)20(4)18(26-14)21(13-9-7-11(2)8-10-13)19-15(27-18)17(23)24-5/h7-10H,6H2,1-5H3/t18-/m0/s1. The molecule has 1 aromatic rings. The van der Waals surface area contributed by atoms with Crippen molar-refractivity contribution < 1.29 is 19.1 Å². The number of aryl methyl sites for hydroxylation is 1. The smallest absolute Gasteiger partial charge is 0.365 e. The molecule has 3 rings (SSSR count). The lowest BCUT2D eigenvalue weighted by Gasteiger charge is -2.39. The number of hydrazone groups is 1. The van der Waals surface area contributed by atoms with Crippen LogP contribution in [0.1, 0.15) is 19.4 Å². The normalized spacial score (nSPS) is 21.7. The number of anilines is 1. The van der Waals surface area contributed by atoms with Gasteiger partial charge in [-0.25, -0.2) is 14.6 Å². The van der Waals surface area contributed by atoms with Crippen LogP contribution in [-0.2, 0) is 19.1 Å². The first-order chi connectivity index (χ1) is 12.8. The van der Waals surface area contributed by atoms with Crippen LogP contribution in [0.4, 0.5) is 5.69 Å². The molecule has 0 aromatic heterocycles. The average Bonchev–Trinajstić information content (AvgIpc) is 3.16. The van der Waals surface area contributed by atoms with Gasteiger partial charge in [0.15, 0.2) is 0 Å². The van der Waals surface area contributed by atoms with Crippen LogP contribution in [0.3, 0.4) is 0 Å². The third-order valence-electron chi connectivity index (χ3n) is 4.28. The molecule has 0 radical (unpaired) electrons. The van der Waals surface area contributed by atoms with Gasteiger partial charge < -0.3 is 14.4 Å². The van der Waals surface area contributed by atoms with E-state index in [4.69, 9.17) is 9.47 Å². The summed E-state index contributed by atoms with van der Waals surface area (Å²) in [6.45, 7) is 5.93. The fraction of sp³-hybridized carbons (Fsp3) is 0.389. The Hall–Kier alpha value is -2.13. The van der Waals surface area contributed by atoms with Crippen LogP contribution in [0, 0.1) is 6.92 Å². The molecule has 1 aromatic carbocycles. The fourth-order valence-electron chi connectivity index (χ4n) is 2.72. The highest BCUT2D eigenvalue weighted by molar-refractivity contribution is 8.28. The van der Waals surface area contributed by atoms with Gasteiger partial charge in [0.05, 0.1) is 19.4 Å². The van der Waals surface area contributed by atoms with E-state index in [0.29, 0.717) is 11.5 Å². The highest BCUT2D eigenvalue weighted by Gasteiger charge is 2.56. The van der Waals surface area contributed by atoms with E-state index in [9.17, 15) is 9.59 Å². The van der Waals surface area contributed by atoms with Crippen molar-refractivity contribution in [1.82, 2.24) is 4.90 Å². The summed E-state index contributed by atoms with van der Waals surface area (Å²) in [5.74, 6) is -0.884. The minimum atomic E-state index is -0.842. The Kier molecular flexibility index (Phi) is 5.43. The summed E-state index contributed by atoms with van der Waals surface area (Å²) in [5.41, 5.74) is 2.69. The molecule has 0 unspecified atom stereocenters. The quantitative estimate of drug-likeness (QED) is 0.705. The van der Waals surface area contributed by atoms with Gasteiger partial charge in [-0.2, -0.15) is 5.10 Å². The second-order valence-corrected chi connectivity index (χ2v) is 8.59. The number of methoxy groups -OCH3 is 1. The molecule has 1 spiro atoms. The molecule has 7 nitrogen and oxygen atoms in total. The van der Waals surface area contributed by atoms with E-state index < -0.39 is 10.3 Å². The average molecular weight is 408 g/mol. The van der Waals surface area contributed by atoms with Gasteiger partial charge in [-0.05, 0) is 44.7 Å². The summed E-state index contributed by atoms with van der Waals surface area (Å²) in [5, 5.41) is 6.50. The number of thioether (sulfide) groups is 2. The number of allylic oxidation sites excluding steroid dienone is 1. The van der Waals surface area contributed by atoms with E-state index in [1.165, 1.54) is 30.6 Å². The van der Waals surface area contributed by atoms with Gasteiger partial charge in [-0.3, -0.25) is 0 Å². The third kappa shape index (κ3) is 3.29. The van der Waals surface area contributed by atoms with Crippen molar-refractivity contribution in [3.05, 3.63) is 40.4 Å². The number of carbonyl (C=O) groups excluding carboxylic acids is 2. The summed E-state index contributed by atoms with van der Waals surface area (Å²) in [4.78, 5) is 27.0. The van der Waals surface area contributed by atoms with Crippen molar-refractivity contribution in [2.45, 2.75) is 25.1 Å². The van der Waals surface area contributed by atoms with Crippen molar-refractivity contribution in [2.24, 2.45) is 5.10 Å². The number of hydrogen-bond donors (Lipinski definition) is 0. The van der Waals surface area contributed by atoms with E-state index in [1.54, 1.807) is 11.9 Å². The molecule has 0 fully saturated rings. The van der Waals surface area contributed by atoms with Crippen LogP contribution in [-0.4, -0.2) is 47.0 Å². The minimum absolute atomic E-state index is 0.232. The maximum atomic E-state index is 12.4. The van der Waals surface area contributed by atoms with Crippen molar-refractivity contribution in [3.63, 3.8) is 0 Å². The van der Waals surface area contributed by atoms with Crippen molar-refractivity contribution in [3.8, 4) is 0 Å². The van der Waals surface area contributed by atoms with Gasteiger partial charge in [-0.1, -0.05) is 29.5 Å². The zero-order valence-electron chi connectivity index (χ0n) is 15.8. The lowest BCUT2D eigenvalue weighted by Crippen LogP contribution is -2.47. The molecule has 144 valence electrons. The number of carbonyl (C=O) groups is 2. The Morgan fingerprint density at radius 2 is 1.81 bits per heavy atom. The van der Waals surface area contributed by atoms with Gasteiger partial charge in [0.2, 0.25) is 9.37 Å². The lowest BCUT2D eigenvalue weighted by molar-refractivity contribution is -0.137. The molecule has 0 N–H and O–H groups in total. The van der Waals surface area contributed by atoms with Crippen LogP contribution in [0.5, 0.6) is 0 Å². The van der Waals surface area contributed by atoms with Gasteiger partial charge in [0.25, 0.3) is 0 Å². The van der Waals surface area contributed by atoms with Gasteiger partial charge in [0, 0.05) is 12.7 Å². The largest absolute Gasteiger partial charge is 0.464 e. The molecule has 27 heavy (non-hydrogen) atoms. The molecule has 0 bridgehead atoms. The van der Waals surface area contributed by atoms with Crippen molar-refractivity contribution in [1.29, 1.82) is 0 Å². The number of ether oxygens (including phenoxy) is 2. The number of nitrogens with zero attached hydrogens (tertiary/aromatic N) is 3. The molecule has 0 amide bonds. The number of hydrogen-bond acceptors (Lipinski definition) is 9. The van der Waals surface area contributed by atoms with Gasteiger partial charge in [-0.15, -0.1) is 0 Å². The van der Waals surface area contributed by atoms with Crippen LogP contribution < -0.4 is 5.01 Å². The number of benzene rings is 1. The van der Waals surface area contributed by atoms with Gasteiger partial charge in [0.1, 0.15) is 4.91 Å². The van der Waals surface area contributed by atoms with E-state index in [1.807, 2.05) is 50.1 Å². The highest BCUT2D eigenvalue weighted by Crippen LogP contribution is 2.58. The van der Waals surface area contributed by atoms with Crippen LogP contribution in [0.15, 0.2) is 40.0 Å². The molecule has 0 saturated carbocycles. The predicted octanol–water partition coefficient (Wildman–Crippen LogP) is 3.12. The SMILES string of the molecule is CCOC(=O)C1=C(C)N(C)[C@@]2(SC(C(=O)OC)=NN2c2ccc(C)cc2)S1. The lowest BCUT2D eigenvalue weighted by atomic mass is 10.2. The molecule has 0 aliphatic carbocycles. The van der Waals surface area contributed by atoms with Crippen LogP contribution >= 0.6 is 23.5 Å². The predicted molar refractivity (Wildman–Crippen MR) is 108 cm³/mol. The Bertz CT molecular complexity index is 838. The number of rotatable bonds is 4. The van der Waals surface area contributed by atoms with Gasteiger partial charge >= 0.3 is 11.9 Å². The third-order valence-corrected chi connectivity index (χ3v) is 7.31. The molecule has 2 aliphatic rings. The first-order valence-corrected chi connectivity index (χ1v) is 10.0. The minimum Gasteiger partial charge on any atom is -0.464 e. The monoisotopic (exact) mass is 407 g/mol. The summed E-state index contributed by atoms with van der Waals surface area (Å²) < 4.78 is 9.22. The Morgan fingerprint density at radius 3 is 2.41 bits per heavy atom. The van der Waals surface area contributed by atoms with Crippen LogP contribution in [0.2, 0.25) is 0 Å². The first kappa shape index (κ1) is 19.6. The summed E-state index contributed by atoms with van der Waals surface area (Å²) in [7, 11) is 3.20. The molecule has 2 heterocycles. The van der Waals surface area contributed by atoms with E-state index in [0.717, 1.165) is 16.9 Å². The molecule has 0 saturated heterocycles. The van der Waals surface area contributed by atoms with E-state index in [-0.39, 0.29) is 11.0 Å². The maximum absolute atomic E-state index is 12.4. The van der Waals surface area contributed by atoms with Crippen molar-refractivity contribution in [2.75, 3.05) is 25.8 Å². The zero-order valence-corrected chi connectivity index (χ0v) is 17.4. The first-order valence-electron chi connectivity index (χ1n) is 8.37. The fourth-order valence-corrected chi connectivity index (χ4v) is 5.62. The topological polar surface area (TPSA) is 71.4 Å². The Morgan fingerprint density at radius 1 is 1.15 bits per heavy atom. The summed E-state index contributed by atoms with van der Waals surface area (Å²) in [6, 6.07) is 7.83. The molecular formula is C18H21N3O4S2. The molecule has 9 heteroatoms. The van der Waals surface area contributed by atoms with E-state index in [2.05, 4.69) is 5.10 Å². The zero-order chi connectivity index (χ0) is 19.8.